The van der Waals surface area contributed by atoms with Gasteiger partial charge in [0.1, 0.15) is 6.04 Å². The highest BCUT2D eigenvalue weighted by Gasteiger charge is 2.31. The smallest absolute Gasteiger partial charge is 0.247 e. The molecule has 1 atom stereocenters. The van der Waals surface area contributed by atoms with Gasteiger partial charge in [-0.25, -0.2) is 8.42 Å². The van der Waals surface area contributed by atoms with Crippen molar-refractivity contribution in [2.45, 2.75) is 23.8 Å². The molecule has 1 aliphatic rings. The summed E-state index contributed by atoms with van der Waals surface area (Å²) in [7, 11) is -3.67. The van der Waals surface area contributed by atoms with E-state index in [1.165, 1.54) is 17.0 Å². The largest absolute Gasteiger partial charge is 0.368 e. The van der Waals surface area contributed by atoms with Gasteiger partial charge in [-0.3, -0.25) is 9.59 Å². The van der Waals surface area contributed by atoms with Gasteiger partial charge in [-0.05, 0) is 25.0 Å². The molecular formula is C14H16N2O4S. The van der Waals surface area contributed by atoms with Crippen LogP contribution in [-0.4, -0.2) is 37.7 Å². The molecule has 2 amide bonds. The summed E-state index contributed by atoms with van der Waals surface area (Å²) in [6, 6.07) is 7.16. The van der Waals surface area contributed by atoms with E-state index in [1.807, 2.05) is 0 Å². The van der Waals surface area contributed by atoms with Crippen LogP contribution in [0, 0.1) is 0 Å². The van der Waals surface area contributed by atoms with Gasteiger partial charge in [-0.15, -0.1) is 0 Å². The maximum atomic E-state index is 12.0. The number of likely N-dealkylation sites (tertiary alicyclic amines) is 1. The molecule has 0 radical (unpaired) electrons. The van der Waals surface area contributed by atoms with Crippen LogP contribution in [0.2, 0.25) is 0 Å². The van der Waals surface area contributed by atoms with Gasteiger partial charge in [-0.2, -0.15) is 0 Å². The van der Waals surface area contributed by atoms with Gasteiger partial charge in [0.2, 0.25) is 11.8 Å². The van der Waals surface area contributed by atoms with Crippen molar-refractivity contribution in [3.05, 3.63) is 41.8 Å². The van der Waals surface area contributed by atoms with Crippen LogP contribution < -0.4 is 5.73 Å². The number of nitrogens with zero attached hydrogens (tertiary/aromatic N) is 1. The Morgan fingerprint density at radius 3 is 2.52 bits per heavy atom. The van der Waals surface area contributed by atoms with Crippen molar-refractivity contribution in [3.63, 3.8) is 0 Å². The molecule has 1 aromatic rings. The normalized spacial score (nSPS) is 19.0. The van der Waals surface area contributed by atoms with Crippen molar-refractivity contribution in [2.75, 3.05) is 6.54 Å². The zero-order valence-electron chi connectivity index (χ0n) is 11.3. The Bertz CT molecular complexity index is 667. The third kappa shape index (κ3) is 3.49. The van der Waals surface area contributed by atoms with Gasteiger partial charge >= 0.3 is 0 Å². The monoisotopic (exact) mass is 308 g/mol. The second-order valence-electron chi connectivity index (χ2n) is 4.75. The number of rotatable bonds is 4. The van der Waals surface area contributed by atoms with Crippen LogP contribution in [0.1, 0.15) is 12.8 Å². The number of carbonyl (C=O) groups excluding carboxylic acids is 2. The highest BCUT2D eigenvalue weighted by Crippen LogP contribution is 2.18. The van der Waals surface area contributed by atoms with Crippen molar-refractivity contribution in [1.82, 2.24) is 4.90 Å². The van der Waals surface area contributed by atoms with Crippen molar-refractivity contribution < 1.29 is 18.0 Å². The SMILES string of the molecule is NC(=O)C1CCCN1C(=O)/C=C/S(=O)(=O)c1ccccc1. The average Bonchev–Trinajstić information content (AvgIpc) is 2.95. The fourth-order valence-corrected chi connectivity index (χ4v) is 3.25. The van der Waals surface area contributed by atoms with Crippen molar-refractivity contribution >= 4 is 21.7 Å². The summed E-state index contributed by atoms with van der Waals surface area (Å²) in [5.41, 5.74) is 5.22. The Kier molecular flexibility index (Phi) is 4.42. The van der Waals surface area contributed by atoms with Crippen LogP contribution in [0.25, 0.3) is 0 Å². The molecule has 6 nitrogen and oxygen atoms in total. The van der Waals surface area contributed by atoms with Gasteiger partial charge in [0.25, 0.3) is 0 Å². The van der Waals surface area contributed by atoms with E-state index < -0.39 is 27.7 Å². The molecule has 0 aliphatic carbocycles. The summed E-state index contributed by atoms with van der Waals surface area (Å²) >= 11 is 0. The number of hydrogen-bond acceptors (Lipinski definition) is 4. The third-order valence-corrected chi connectivity index (χ3v) is 4.75. The first-order chi connectivity index (χ1) is 9.92. The lowest BCUT2D eigenvalue weighted by Crippen LogP contribution is -2.43. The van der Waals surface area contributed by atoms with E-state index in [-0.39, 0.29) is 4.90 Å². The van der Waals surface area contributed by atoms with Crippen LogP contribution in [0.4, 0.5) is 0 Å². The van der Waals surface area contributed by atoms with Crippen LogP contribution in [0.15, 0.2) is 46.7 Å². The second kappa shape index (κ2) is 6.09. The fraction of sp³-hybridized carbons (Fsp3) is 0.286. The van der Waals surface area contributed by atoms with E-state index in [9.17, 15) is 18.0 Å². The molecule has 1 fully saturated rings. The molecule has 7 heteroatoms. The van der Waals surface area contributed by atoms with E-state index in [0.717, 1.165) is 11.5 Å². The molecule has 2 N–H and O–H groups in total. The van der Waals surface area contributed by atoms with Crippen LogP contribution in [-0.2, 0) is 19.4 Å². The molecule has 112 valence electrons. The standard InChI is InChI=1S/C14H16N2O4S/c15-14(18)12-7-4-9-16(12)13(17)8-10-21(19,20)11-5-2-1-3-6-11/h1-3,5-6,8,10,12H,4,7,9H2,(H2,15,18)/b10-8+. The molecule has 1 unspecified atom stereocenters. The first-order valence-electron chi connectivity index (χ1n) is 6.50. The lowest BCUT2D eigenvalue weighted by atomic mass is 10.2. The summed E-state index contributed by atoms with van der Waals surface area (Å²) in [4.78, 5) is 24.6. The number of primary amides is 1. The molecule has 2 rings (SSSR count). The minimum absolute atomic E-state index is 0.113. The number of hydrogen-bond donors (Lipinski definition) is 1. The molecule has 0 aromatic heterocycles. The first-order valence-corrected chi connectivity index (χ1v) is 8.04. The van der Waals surface area contributed by atoms with Crippen molar-refractivity contribution in [2.24, 2.45) is 5.73 Å². The van der Waals surface area contributed by atoms with E-state index in [4.69, 9.17) is 5.73 Å². The first kappa shape index (κ1) is 15.2. The van der Waals surface area contributed by atoms with Crippen LogP contribution in [0.3, 0.4) is 0 Å². The molecule has 0 saturated carbocycles. The average molecular weight is 308 g/mol. The summed E-state index contributed by atoms with van der Waals surface area (Å²) in [6.07, 6.45) is 2.17. The quantitative estimate of drug-likeness (QED) is 0.817. The van der Waals surface area contributed by atoms with E-state index >= 15 is 0 Å². The molecule has 1 aliphatic heterocycles. The van der Waals surface area contributed by atoms with Crippen molar-refractivity contribution in [3.8, 4) is 0 Å². The predicted octanol–water partition coefficient (Wildman–Crippen LogP) is 0.450. The summed E-state index contributed by atoms with van der Waals surface area (Å²) in [5, 5.41) is 0.862. The maximum Gasteiger partial charge on any atom is 0.247 e. The minimum atomic E-state index is -3.67. The van der Waals surface area contributed by atoms with Gasteiger partial charge in [-0.1, -0.05) is 18.2 Å². The highest BCUT2D eigenvalue weighted by atomic mass is 32.2. The Hall–Kier alpha value is -2.15. The number of carbonyl (C=O) groups is 2. The summed E-state index contributed by atoms with van der Waals surface area (Å²) < 4.78 is 24.0. The zero-order valence-corrected chi connectivity index (χ0v) is 12.1. The Labute approximate surface area is 123 Å². The molecule has 0 spiro atoms. The number of amides is 2. The Morgan fingerprint density at radius 2 is 1.90 bits per heavy atom. The number of benzene rings is 1. The Balaban J connectivity index is 2.14. The van der Waals surface area contributed by atoms with Gasteiger partial charge in [0.15, 0.2) is 9.84 Å². The molecule has 1 aromatic carbocycles. The van der Waals surface area contributed by atoms with Crippen molar-refractivity contribution in [1.29, 1.82) is 0 Å². The summed E-state index contributed by atoms with van der Waals surface area (Å²) in [5.74, 6) is -1.09. The maximum absolute atomic E-state index is 12.0. The lowest BCUT2D eigenvalue weighted by molar-refractivity contribution is -0.133. The molecule has 1 saturated heterocycles. The van der Waals surface area contributed by atoms with Gasteiger partial charge < -0.3 is 10.6 Å². The molecular weight excluding hydrogens is 292 g/mol. The van der Waals surface area contributed by atoms with Gasteiger partial charge in [0, 0.05) is 18.0 Å². The lowest BCUT2D eigenvalue weighted by Gasteiger charge is -2.20. The van der Waals surface area contributed by atoms with Gasteiger partial charge in [0.05, 0.1) is 4.90 Å². The second-order valence-corrected chi connectivity index (χ2v) is 6.59. The van der Waals surface area contributed by atoms with E-state index in [0.29, 0.717) is 19.4 Å². The number of nitrogens with two attached hydrogens (primary N) is 1. The van der Waals surface area contributed by atoms with Crippen LogP contribution in [0.5, 0.6) is 0 Å². The molecule has 0 bridgehead atoms. The Morgan fingerprint density at radius 1 is 1.24 bits per heavy atom. The summed E-state index contributed by atoms with van der Waals surface area (Å²) in [6.45, 7) is 0.405. The highest BCUT2D eigenvalue weighted by molar-refractivity contribution is 7.94. The topological polar surface area (TPSA) is 97.5 Å². The van der Waals surface area contributed by atoms with E-state index in [2.05, 4.69) is 0 Å². The number of sulfone groups is 1. The molecule has 1 heterocycles. The minimum Gasteiger partial charge on any atom is -0.368 e. The molecule has 21 heavy (non-hydrogen) atoms. The van der Waals surface area contributed by atoms with Crippen LogP contribution >= 0.6 is 0 Å². The van der Waals surface area contributed by atoms with E-state index in [1.54, 1.807) is 18.2 Å². The third-order valence-electron chi connectivity index (χ3n) is 3.33. The fourth-order valence-electron chi connectivity index (χ4n) is 2.26. The zero-order chi connectivity index (χ0) is 15.5. The predicted molar refractivity (Wildman–Crippen MR) is 76.7 cm³/mol.